The summed E-state index contributed by atoms with van der Waals surface area (Å²) in [7, 11) is 1.18. The molecule has 0 saturated heterocycles. The Morgan fingerprint density at radius 2 is 1.89 bits per heavy atom. The maximum absolute atomic E-state index is 11.9. The van der Waals surface area contributed by atoms with Gasteiger partial charge in [-0.05, 0) is 25.0 Å². The molecule has 0 fully saturated rings. The van der Waals surface area contributed by atoms with Gasteiger partial charge in [0.25, 0.3) is 5.91 Å². The lowest BCUT2D eigenvalue weighted by molar-refractivity contribution is -0.149. The molecule has 1 unspecified atom stereocenters. The van der Waals surface area contributed by atoms with E-state index >= 15 is 0 Å². The van der Waals surface area contributed by atoms with Crippen LogP contribution in [0.4, 0.5) is 0 Å². The van der Waals surface area contributed by atoms with Crippen LogP contribution in [-0.4, -0.2) is 36.7 Å². The summed E-state index contributed by atoms with van der Waals surface area (Å²) in [5, 5.41) is 11.9. The van der Waals surface area contributed by atoms with Crippen molar-refractivity contribution < 1.29 is 19.4 Å². The van der Waals surface area contributed by atoms with Crippen LogP contribution in [0.5, 0.6) is 0 Å². The Morgan fingerprint density at radius 1 is 1.33 bits per heavy atom. The highest BCUT2D eigenvalue weighted by molar-refractivity contribution is 5.97. The molecule has 1 aromatic rings. The van der Waals surface area contributed by atoms with Gasteiger partial charge in [-0.25, -0.2) is 4.79 Å². The van der Waals surface area contributed by atoms with Crippen molar-refractivity contribution in [3.05, 3.63) is 34.9 Å². The molecule has 1 amide bonds. The van der Waals surface area contributed by atoms with E-state index in [2.05, 4.69) is 10.1 Å². The molecule has 0 bridgehead atoms. The molecule has 98 valence electrons. The zero-order valence-corrected chi connectivity index (χ0v) is 10.7. The first kappa shape index (κ1) is 14.2. The molecule has 0 aliphatic heterocycles. The summed E-state index contributed by atoms with van der Waals surface area (Å²) in [6.07, 6.45) is -1.34. The van der Waals surface area contributed by atoms with Gasteiger partial charge < -0.3 is 15.2 Å². The van der Waals surface area contributed by atoms with Gasteiger partial charge in [0.05, 0.1) is 13.7 Å². The molecule has 0 aliphatic carbocycles. The summed E-state index contributed by atoms with van der Waals surface area (Å²) >= 11 is 0. The lowest BCUT2D eigenvalue weighted by Gasteiger charge is -2.12. The summed E-state index contributed by atoms with van der Waals surface area (Å²) in [5.74, 6) is -1.08. The van der Waals surface area contributed by atoms with Gasteiger partial charge >= 0.3 is 5.97 Å². The summed E-state index contributed by atoms with van der Waals surface area (Å²) in [6, 6.07) is 5.53. The SMILES string of the molecule is COC(=O)C(O)CNC(=O)c1c(C)cccc1C. The van der Waals surface area contributed by atoms with E-state index in [1.165, 1.54) is 7.11 Å². The molecule has 0 radical (unpaired) electrons. The third kappa shape index (κ3) is 3.30. The number of nitrogens with one attached hydrogen (secondary N) is 1. The minimum absolute atomic E-state index is 0.167. The Hall–Kier alpha value is -1.88. The van der Waals surface area contributed by atoms with E-state index in [-0.39, 0.29) is 12.5 Å². The van der Waals surface area contributed by atoms with E-state index in [0.29, 0.717) is 5.56 Å². The monoisotopic (exact) mass is 251 g/mol. The number of benzene rings is 1. The number of esters is 1. The first-order valence-corrected chi connectivity index (χ1v) is 5.57. The Morgan fingerprint density at radius 3 is 2.39 bits per heavy atom. The molecular weight excluding hydrogens is 234 g/mol. The number of methoxy groups -OCH3 is 1. The molecule has 0 saturated carbocycles. The van der Waals surface area contributed by atoms with Crippen LogP contribution >= 0.6 is 0 Å². The molecule has 2 N–H and O–H groups in total. The summed E-state index contributed by atoms with van der Waals surface area (Å²) in [6.45, 7) is 3.50. The average Bonchev–Trinajstić information content (AvgIpc) is 2.34. The van der Waals surface area contributed by atoms with E-state index in [4.69, 9.17) is 0 Å². The number of carbonyl (C=O) groups is 2. The fraction of sp³-hybridized carbons (Fsp3) is 0.385. The van der Waals surface area contributed by atoms with Crippen molar-refractivity contribution in [2.45, 2.75) is 20.0 Å². The molecule has 1 aromatic carbocycles. The first-order valence-electron chi connectivity index (χ1n) is 5.57. The van der Waals surface area contributed by atoms with Crippen molar-refractivity contribution in [1.82, 2.24) is 5.32 Å². The predicted octanol–water partition coefficient (Wildman–Crippen LogP) is 0.567. The van der Waals surface area contributed by atoms with E-state index in [1.807, 2.05) is 32.0 Å². The van der Waals surface area contributed by atoms with Crippen LogP contribution < -0.4 is 5.32 Å². The highest BCUT2D eigenvalue weighted by Gasteiger charge is 2.18. The Balaban J connectivity index is 2.69. The third-order valence-corrected chi connectivity index (χ3v) is 2.64. The van der Waals surface area contributed by atoms with Crippen molar-refractivity contribution in [2.24, 2.45) is 0 Å². The van der Waals surface area contributed by atoms with E-state index in [1.54, 1.807) is 0 Å². The number of aliphatic hydroxyl groups is 1. The Kier molecular flexibility index (Phi) is 4.85. The van der Waals surface area contributed by atoms with E-state index < -0.39 is 12.1 Å². The lowest BCUT2D eigenvalue weighted by atomic mass is 10.0. The molecule has 5 heteroatoms. The highest BCUT2D eigenvalue weighted by atomic mass is 16.5. The number of carbonyl (C=O) groups excluding carboxylic acids is 2. The zero-order valence-electron chi connectivity index (χ0n) is 10.7. The van der Waals surface area contributed by atoms with E-state index in [9.17, 15) is 14.7 Å². The van der Waals surface area contributed by atoms with Gasteiger partial charge in [-0.2, -0.15) is 0 Å². The molecule has 0 aromatic heterocycles. The van der Waals surface area contributed by atoms with Crippen LogP contribution in [0.2, 0.25) is 0 Å². The first-order chi connectivity index (χ1) is 8.47. The van der Waals surface area contributed by atoms with Crippen molar-refractivity contribution in [2.75, 3.05) is 13.7 Å². The van der Waals surface area contributed by atoms with Gasteiger partial charge in [-0.15, -0.1) is 0 Å². The Bertz CT molecular complexity index is 436. The molecule has 0 heterocycles. The van der Waals surface area contributed by atoms with Crippen molar-refractivity contribution >= 4 is 11.9 Å². The van der Waals surface area contributed by atoms with Gasteiger partial charge in [-0.3, -0.25) is 4.79 Å². The molecule has 1 atom stereocenters. The molecule has 18 heavy (non-hydrogen) atoms. The van der Waals surface area contributed by atoms with Gasteiger partial charge in [0.2, 0.25) is 0 Å². The summed E-state index contributed by atoms with van der Waals surface area (Å²) in [4.78, 5) is 22.9. The minimum atomic E-state index is -1.34. The van der Waals surface area contributed by atoms with Gasteiger partial charge in [0.15, 0.2) is 6.10 Å². The number of hydrogen-bond donors (Lipinski definition) is 2. The van der Waals surface area contributed by atoms with Crippen LogP contribution in [0.25, 0.3) is 0 Å². The number of amides is 1. The van der Waals surface area contributed by atoms with E-state index in [0.717, 1.165) is 11.1 Å². The fourth-order valence-electron chi connectivity index (χ4n) is 1.67. The van der Waals surface area contributed by atoms with Crippen molar-refractivity contribution in [1.29, 1.82) is 0 Å². The molecular formula is C13H17NO4. The van der Waals surface area contributed by atoms with Gasteiger partial charge in [0.1, 0.15) is 0 Å². The Labute approximate surface area is 106 Å². The minimum Gasteiger partial charge on any atom is -0.467 e. The van der Waals surface area contributed by atoms with Crippen LogP contribution in [-0.2, 0) is 9.53 Å². The number of hydrogen-bond acceptors (Lipinski definition) is 4. The number of aliphatic hydroxyl groups excluding tert-OH is 1. The topological polar surface area (TPSA) is 75.6 Å². The zero-order chi connectivity index (χ0) is 13.7. The predicted molar refractivity (Wildman–Crippen MR) is 66.3 cm³/mol. The van der Waals surface area contributed by atoms with Crippen LogP contribution in [0.3, 0.4) is 0 Å². The second-order valence-corrected chi connectivity index (χ2v) is 4.02. The van der Waals surface area contributed by atoms with Gasteiger partial charge in [0, 0.05) is 5.56 Å². The quantitative estimate of drug-likeness (QED) is 0.767. The summed E-state index contributed by atoms with van der Waals surface area (Å²) in [5.41, 5.74) is 2.26. The fourth-order valence-corrected chi connectivity index (χ4v) is 1.67. The normalized spacial score (nSPS) is 11.8. The highest BCUT2D eigenvalue weighted by Crippen LogP contribution is 2.12. The second kappa shape index (κ2) is 6.16. The maximum atomic E-state index is 11.9. The molecule has 0 spiro atoms. The molecule has 1 rings (SSSR count). The van der Waals surface area contributed by atoms with Crippen LogP contribution in [0, 0.1) is 13.8 Å². The number of aryl methyl sites for hydroxylation is 2. The summed E-state index contributed by atoms with van der Waals surface area (Å²) < 4.78 is 4.36. The van der Waals surface area contributed by atoms with Gasteiger partial charge in [-0.1, -0.05) is 18.2 Å². The van der Waals surface area contributed by atoms with Crippen LogP contribution in [0.1, 0.15) is 21.5 Å². The lowest BCUT2D eigenvalue weighted by Crippen LogP contribution is -2.37. The number of ether oxygens (including phenoxy) is 1. The molecule has 5 nitrogen and oxygen atoms in total. The van der Waals surface area contributed by atoms with Crippen LogP contribution in [0.15, 0.2) is 18.2 Å². The second-order valence-electron chi connectivity index (χ2n) is 4.02. The standard InChI is InChI=1S/C13H17NO4/c1-8-5-4-6-9(2)11(8)12(16)14-7-10(15)13(17)18-3/h4-6,10,15H,7H2,1-3H3,(H,14,16). The number of rotatable bonds is 4. The third-order valence-electron chi connectivity index (χ3n) is 2.64. The average molecular weight is 251 g/mol. The molecule has 0 aliphatic rings. The van der Waals surface area contributed by atoms with Crippen molar-refractivity contribution in [3.63, 3.8) is 0 Å². The van der Waals surface area contributed by atoms with Crippen molar-refractivity contribution in [3.8, 4) is 0 Å². The smallest absolute Gasteiger partial charge is 0.336 e. The maximum Gasteiger partial charge on any atom is 0.336 e. The largest absolute Gasteiger partial charge is 0.467 e.